The average Bonchev–Trinajstić information content (AvgIpc) is 3.12. The fourth-order valence-electron chi connectivity index (χ4n) is 4.10. The number of hydrogen-bond donors (Lipinski definition) is 0. The molecule has 0 aliphatic heterocycles. The zero-order chi connectivity index (χ0) is 18.7. The highest BCUT2D eigenvalue weighted by Gasteiger charge is 2.17. The van der Waals surface area contributed by atoms with E-state index in [0.29, 0.717) is 5.02 Å². The lowest BCUT2D eigenvalue weighted by Gasteiger charge is -2.11. The standard InChI is InChI=1S/C25H14ClNO/c26-16-10-11-17-20(14-16)27-25(15-6-2-1-3-7-15)19-12-13-22-24(23(17)19)18-8-4-5-9-21(18)28-22/h1-14H. The first-order valence-corrected chi connectivity index (χ1v) is 9.56. The number of aromatic nitrogens is 1. The molecule has 6 aromatic rings. The lowest BCUT2D eigenvalue weighted by molar-refractivity contribution is 0.669. The molecule has 0 saturated heterocycles. The maximum atomic E-state index is 6.30. The highest BCUT2D eigenvalue weighted by molar-refractivity contribution is 6.32. The van der Waals surface area contributed by atoms with Crippen molar-refractivity contribution >= 4 is 55.2 Å². The third-order valence-electron chi connectivity index (χ3n) is 5.31. The van der Waals surface area contributed by atoms with E-state index in [1.165, 1.54) is 0 Å². The second kappa shape index (κ2) is 5.82. The van der Waals surface area contributed by atoms with Crippen molar-refractivity contribution in [2.24, 2.45) is 0 Å². The Morgan fingerprint density at radius 2 is 1.43 bits per heavy atom. The lowest BCUT2D eigenvalue weighted by Crippen LogP contribution is -1.90. The molecule has 6 rings (SSSR count). The summed E-state index contributed by atoms with van der Waals surface area (Å²) in [6.07, 6.45) is 0. The van der Waals surface area contributed by atoms with Crippen LogP contribution in [-0.4, -0.2) is 4.98 Å². The van der Waals surface area contributed by atoms with E-state index >= 15 is 0 Å². The number of halogens is 1. The van der Waals surface area contributed by atoms with Gasteiger partial charge < -0.3 is 4.42 Å². The molecule has 0 radical (unpaired) electrons. The van der Waals surface area contributed by atoms with Crippen molar-refractivity contribution in [3.8, 4) is 11.3 Å². The molecular formula is C25H14ClNO. The molecule has 4 aromatic carbocycles. The number of rotatable bonds is 1. The molecule has 0 saturated carbocycles. The third-order valence-corrected chi connectivity index (χ3v) is 5.54. The van der Waals surface area contributed by atoms with Crippen LogP contribution in [0.5, 0.6) is 0 Å². The minimum absolute atomic E-state index is 0.683. The van der Waals surface area contributed by atoms with Crippen molar-refractivity contribution in [2.75, 3.05) is 0 Å². The highest BCUT2D eigenvalue weighted by atomic mass is 35.5. The smallest absolute Gasteiger partial charge is 0.136 e. The Morgan fingerprint density at radius 1 is 0.643 bits per heavy atom. The van der Waals surface area contributed by atoms with Gasteiger partial charge in [-0.2, -0.15) is 0 Å². The van der Waals surface area contributed by atoms with Gasteiger partial charge in [-0.3, -0.25) is 0 Å². The van der Waals surface area contributed by atoms with Gasteiger partial charge in [0, 0.05) is 37.5 Å². The van der Waals surface area contributed by atoms with Crippen LogP contribution in [0.15, 0.2) is 89.3 Å². The van der Waals surface area contributed by atoms with Crippen molar-refractivity contribution in [1.29, 1.82) is 0 Å². The first-order chi connectivity index (χ1) is 13.8. The van der Waals surface area contributed by atoms with Gasteiger partial charge in [0.1, 0.15) is 11.2 Å². The molecule has 2 heterocycles. The summed E-state index contributed by atoms with van der Waals surface area (Å²) >= 11 is 6.30. The van der Waals surface area contributed by atoms with E-state index < -0.39 is 0 Å². The Morgan fingerprint density at radius 3 is 2.32 bits per heavy atom. The first-order valence-electron chi connectivity index (χ1n) is 9.18. The Kier molecular flexibility index (Phi) is 3.26. The van der Waals surface area contributed by atoms with Crippen LogP contribution >= 0.6 is 11.6 Å². The van der Waals surface area contributed by atoms with Gasteiger partial charge in [0.15, 0.2) is 0 Å². The van der Waals surface area contributed by atoms with Gasteiger partial charge >= 0.3 is 0 Å². The van der Waals surface area contributed by atoms with Gasteiger partial charge in [0.05, 0.1) is 11.2 Å². The van der Waals surface area contributed by atoms with Gasteiger partial charge in [-0.05, 0) is 30.3 Å². The largest absolute Gasteiger partial charge is 0.456 e. The van der Waals surface area contributed by atoms with E-state index in [4.69, 9.17) is 21.0 Å². The van der Waals surface area contributed by atoms with Crippen LogP contribution in [0.4, 0.5) is 0 Å². The van der Waals surface area contributed by atoms with E-state index in [9.17, 15) is 0 Å². The molecule has 0 unspecified atom stereocenters. The minimum atomic E-state index is 0.683. The summed E-state index contributed by atoms with van der Waals surface area (Å²) in [5, 5.41) is 6.27. The maximum absolute atomic E-state index is 6.30. The number of furan rings is 1. The van der Waals surface area contributed by atoms with Crippen LogP contribution in [-0.2, 0) is 0 Å². The average molecular weight is 380 g/mol. The zero-order valence-corrected chi connectivity index (χ0v) is 15.6. The van der Waals surface area contributed by atoms with E-state index in [1.54, 1.807) is 0 Å². The Hall–Kier alpha value is -3.36. The second-order valence-electron chi connectivity index (χ2n) is 6.95. The minimum Gasteiger partial charge on any atom is -0.456 e. The summed E-state index contributed by atoms with van der Waals surface area (Å²) in [7, 11) is 0. The molecule has 0 bridgehead atoms. The number of benzene rings is 4. The normalized spacial score (nSPS) is 11.8. The van der Waals surface area contributed by atoms with Crippen LogP contribution in [0.1, 0.15) is 0 Å². The molecule has 132 valence electrons. The topological polar surface area (TPSA) is 26.0 Å². The quantitative estimate of drug-likeness (QED) is 0.275. The van der Waals surface area contributed by atoms with E-state index in [1.807, 2.05) is 48.5 Å². The van der Waals surface area contributed by atoms with Gasteiger partial charge in [-0.25, -0.2) is 4.98 Å². The summed E-state index contributed by atoms with van der Waals surface area (Å²) in [6.45, 7) is 0. The number of pyridine rings is 1. The number of fused-ring (bicyclic) bond motifs is 7. The van der Waals surface area contributed by atoms with Crippen molar-refractivity contribution in [1.82, 2.24) is 4.98 Å². The SMILES string of the molecule is Clc1ccc2c(c1)nc(-c1ccccc1)c1ccc3oc4ccccc4c3c12. The summed E-state index contributed by atoms with van der Waals surface area (Å²) in [6, 6.07) is 28.5. The van der Waals surface area contributed by atoms with Crippen LogP contribution in [0.25, 0.3) is 54.9 Å². The van der Waals surface area contributed by atoms with E-state index in [2.05, 4.69) is 36.4 Å². The zero-order valence-electron chi connectivity index (χ0n) is 14.8. The molecule has 0 spiro atoms. The number of nitrogens with zero attached hydrogens (tertiary/aromatic N) is 1. The molecule has 0 atom stereocenters. The first kappa shape index (κ1) is 15.7. The van der Waals surface area contributed by atoms with Crippen molar-refractivity contribution in [2.45, 2.75) is 0 Å². The summed E-state index contributed by atoms with van der Waals surface area (Å²) in [5.74, 6) is 0. The molecule has 2 aromatic heterocycles. The van der Waals surface area contributed by atoms with Gasteiger partial charge in [0.25, 0.3) is 0 Å². The fourth-order valence-corrected chi connectivity index (χ4v) is 4.27. The molecule has 3 heteroatoms. The van der Waals surface area contributed by atoms with E-state index in [-0.39, 0.29) is 0 Å². The monoisotopic (exact) mass is 379 g/mol. The summed E-state index contributed by atoms with van der Waals surface area (Å²) in [4.78, 5) is 4.99. The molecule has 0 aliphatic rings. The Labute approximate surface area is 166 Å². The number of para-hydroxylation sites is 1. The molecule has 0 N–H and O–H groups in total. The Balaban J connectivity index is 1.92. The third kappa shape index (κ3) is 2.19. The second-order valence-corrected chi connectivity index (χ2v) is 7.38. The lowest BCUT2D eigenvalue weighted by atomic mass is 9.96. The van der Waals surface area contributed by atoms with Crippen molar-refractivity contribution in [3.63, 3.8) is 0 Å². The maximum Gasteiger partial charge on any atom is 0.136 e. The Bertz CT molecular complexity index is 1520. The van der Waals surface area contributed by atoms with Gasteiger partial charge in [0.2, 0.25) is 0 Å². The van der Waals surface area contributed by atoms with Crippen molar-refractivity contribution in [3.05, 3.63) is 90.0 Å². The predicted octanol–water partition coefficient (Wildman–Crippen LogP) is 7.61. The molecular weight excluding hydrogens is 366 g/mol. The molecule has 0 amide bonds. The predicted molar refractivity (Wildman–Crippen MR) is 117 cm³/mol. The van der Waals surface area contributed by atoms with Crippen LogP contribution in [0, 0.1) is 0 Å². The molecule has 28 heavy (non-hydrogen) atoms. The fraction of sp³-hybridized carbons (Fsp3) is 0. The molecule has 2 nitrogen and oxygen atoms in total. The number of hydrogen-bond acceptors (Lipinski definition) is 2. The summed E-state index contributed by atoms with van der Waals surface area (Å²) < 4.78 is 6.13. The van der Waals surface area contributed by atoms with E-state index in [0.717, 1.165) is 54.9 Å². The molecule has 0 fully saturated rings. The van der Waals surface area contributed by atoms with Crippen molar-refractivity contribution < 1.29 is 4.42 Å². The van der Waals surface area contributed by atoms with Gasteiger partial charge in [-0.1, -0.05) is 66.2 Å². The molecule has 0 aliphatic carbocycles. The highest BCUT2D eigenvalue weighted by Crippen LogP contribution is 2.41. The van der Waals surface area contributed by atoms with Gasteiger partial charge in [-0.15, -0.1) is 0 Å². The van der Waals surface area contributed by atoms with Crippen LogP contribution < -0.4 is 0 Å². The summed E-state index contributed by atoms with van der Waals surface area (Å²) in [5.41, 5.74) is 4.70. The van der Waals surface area contributed by atoms with Crippen LogP contribution in [0.3, 0.4) is 0 Å². The van der Waals surface area contributed by atoms with Crippen LogP contribution in [0.2, 0.25) is 5.02 Å².